The Labute approximate surface area is 169 Å². The number of nitrogens with zero attached hydrogens (tertiary/aromatic N) is 1. The van der Waals surface area contributed by atoms with Crippen molar-refractivity contribution in [3.63, 3.8) is 0 Å². The molecule has 0 saturated heterocycles. The molecular formula is C23H24FN3O2. The summed E-state index contributed by atoms with van der Waals surface area (Å²) < 4.78 is 19.4. The number of rotatable bonds is 8. The molecule has 3 aromatic rings. The van der Waals surface area contributed by atoms with Gasteiger partial charge in [0.1, 0.15) is 17.3 Å². The van der Waals surface area contributed by atoms with Gasteiger partial charge < -0.3 is 15.4 Å². The number of para-hydroxylation sites is 2. The third kappa shape index (κ3) is 5.78. The van der Waals surface area contributed by atoms with E-state index in [0.717, 1.165) is 5.69 Å². The van der Waals surface area contributed by atoms with Crippen molar-refractivity contribution < 1.29 is 13.9 Å². The van der Waals surface area contributed by atoms with Gasteiger partial charge in [0.15, 0.2) is 0 Å². The second-order valence-electron chi connectivity index (χ2n) is 6.82. The van der Waals surface area contributed by atoms with Gasteiger partial charge in [0, 0.05) is 6.54 Å². The number of benzene rings is 2. The Bertz CT molecular complexity index is 958. The summed E-state index contributed by atoms with van der Waals surface area (Å²) in [6, 6.07) is 17.4. The minimum Gasteiger partial charge on any atom is -0.489 e. The molecule has 0 aliphatic carbocycles. The van der Waals surface area contributed by atoms with Crippen LogP contribution in [0.3, 0.4) is 0 Å². The van der Waals surface area contributed by atoms with Gasteiger partial charge in [-0.2, -0.15) is 0 Å². The molecule has 0 atom stereocenters. The maximum absolute atomic E-state index is 13.6. The predicted molar refractivity (Wildman–Crippen MR) is 113 cm³/mol. The number of aromatic nitrogens is 1. The maximum atomic E-state index is 13.6. The lowest BCUT2D eigenvalue weighted by Gasteiger charge is -2.14. The van der Waals surface area contributed by atoms with Crippen LogP contribution in [-0.4, -0.2) is 23.5 Å². The van der Waals surface area contributed by atoms with Crippen LogP contribution in [0.4, 0.5) is 15.8 Å². The molecule has 2 N–H and O–H groups in total. The van der Waals surface area contributed by atoms with Crippen molar-refractivity contribution in [1.29, 1.82) is 0 Å². The molecule has 1 aromatic heterocycles. The molecule has 0 radical (unpaired) electrons. The van der Waals surface area contributed by atoms with Gasteiger partial charge in [-0.1, -0.05) is 30.3 Å². The first kappa shape index (κ1) is 20.3. The van der Waals surface area contributed by atoms with E-state index >= 15 is 0 Å². The molecular weight excluding hydrogens is 369 g/mol. The van der Waals surface area contributed by atoms with Gasteiger partial charge in [-0.15, -0.1) is 0 Å². The second-order valence-corrected chi connectivity index (χ2v) is 6.82. The highest BCUT2D eigenvalue weighted by Gasteiger charge is 2.12. The Morgan fingerprint density at radius 3 is 2.55 bits per heavy atom. The number of halogens is 1. The van der Waals surface area contributed by atoms with E-state index in [9.17, 15) is 9.18 Å². The lowest BCUT2D eigenvalue weighted by molar-refractivity contribution is 0.102. The molecule has 1 amide bonds. The smallest absolute Gasteiger partial charge is 0.274 e. The zero-order chi connectivity index (χ0) is 20.6. The van der Waals surface area contributed by atoms with Crippen molar-refractivity contribution in [2.24, 2.45) is 0 Å². The Morgan fingerprint density at radius 2 is 1.83 bits per heavy atom. The second kappa shape index (κ2) is 9.68. The van der Waals surface area contributed by atoms with Crippen molar-refractivity contribution in [1.82, 2.24) is 4.98 Å². The first-order valence-corrected chi connectivity index (χ1v) is 9.53. The Kier molecular flexibility index (Phi) is 6.79. The zero-order valence-electron chi connectivity index (χ0n) is 16.5. The number of nitrogens with one attached hydrogen (secondary N) is 2. The number of anilines is 2. The highest BCUT2D eigenvalue weighted by molar-refractivity contribution is 6.03. The molecule has 3 rings (SSSR count). The monoisotopic (exact) mass is 393 g/mol. The molecule has 5 nitrogen and oxygen atoms in total. The number of carbonyl (C=O) groups excluding carboxylic acids is 1. The number of ether oxygens (including phenoxy) is 1. The standard InChI is InChI=1S/C23H24FN3O2/c1-16(2)29-22-10-6-5-9-20(22)27-23(28)21-12-11-18(15-26-21)25-14-13-17-7-3-4-8-19(17)24/h3-12,15-16,25H,13-14H2,1-2H3,(H,27,28). The zero-order valence-corrected chi connectivity index (χ0v) is 16.5. The van der Waals surface area contributed by atoms with Crippen LogP contribution in [0.1, 0.15) is 29.9 Å². The van der Waals surface area contributed by atoms with E-state index in [1.165, 1.54) is 6.07 Å². The maximum Gasteiger partial charge on any atom is 0.274 e. The minimum atomic E-state index is -0.317. The van der Waals surface area contributed by atoms with Crippen LogP contribution in [0.5, 0.6) is 5.75 Å². The molecule has 6 heteroatoms. The van der Waals surface area contributed by atoms with Crippen LogP contribution < -0.4 is 15.4 Å². The fourth-order valence-electron chi connectivity index (χ4n) is 2.79. The van der Waals surface area contributed by atoms with Gasteiger partial charge in [0.2, 0.25) is 0 Å². The molecule has 2 aromatic carbocycles. The van der Waals surface area contributed by atoms with E-state index in [1.54, 1.807) is 36.5 Å². The highest BCUT2D eigenvalue weighted by atomic mass is 19.1. The fraction of sp³-hybridized carbons (Fsp3) is 0.217. The third-order valence-electron chi connectivity index (χ3n) is 4.18. The molecule has 0 fully saturated rings. The minimum absolute atomic E-state index is 0.000830. The molecule has 0 saturated carbocycles. The van der Waals surface area contributed by atoms with Gasteiger partial charge in [-0.05, 0) is 56.2 Å². The van der Waals surface area contributed by atoms with Gasteiger partial charge in [0.05, 0.1) is 23.7 Å². The van der Waals surface area contributed by atoms with Crippen molar-refractivity contribution in [3.05, 3.63) is 83.9 Å². The van der Waals surface area contributed by atoms with E-state index in [2.05, 4.69) is 15.6 Å². The summed E-state index contributed by atoms with van der Waals surface area (Å²) in [6.07, 6.45) is 2.15. The van der Waals surface area contributed by atoms with Gasteiger partial charge >= 0.3 is 0 Å². The summed E-state index contributed by atoms with van der Waals surface area (Å²) >= 11 is 0. The molecule has 0 unspecified atom stereocenters. The molecule has 150 valence electrons. The van der Waals surface area contributed by atoms with Crippen molar-refractivity contribution in [2.45, 2.75) is 26.4 Å². The van der Waals surface area contributed by atoms with Crippen LogP contribution in [-0.2, 0) is 6.42 Å². The van der Waals surface area contributed by atoms with Crippen molar-refractivity contribution >= 4 is 17.3 Å². The topological polar surface area (TPSA) is 63.2 Å². The van der Waals surface area contributed by atoms with E-state index < -0.39 is 0 Å². The van der Waals surface area contributed by atoms with Crippen LogP contribution in [0.2, 0.25) is 0 Å². The quantitative estimate of drug-likeness (QED) is 0.570. The number of amides is 1. The van der Waals surface area contributed by atoms with E-state index in [1.807, 2.05) is 38.1 Å². The summed E-state index contributed by atoms with van der Waals surface area (Å²) in [6.45, 7) is 4.42. The van der Waals surface area contributed by atoms with Crippen molar-refractivity contribution in [3.8, 4) is 5.75 Å². The van der Waals surface area contributed by atoms with Gasteiger partial charge in [-0.3, -0.25) is 4.79 Å². The molecule has 0 aliphatic rings. The molecule has 0 bridgehead atoms. The molecule has 29 heavy (non-hydrogen) atoms. The largest absolute Gasteiger partial charge is 0.489 e. The summed E-state index contributed by atoms with van der Waals surface area (Å²) in [5.74, 6) is 0.0890. The fourth-order valence-corrected chi connectivity index (χ4v) is 2.79. The Morgan fingerprint density at radius 1 is 1.07 bits per heavy atom. The van der Waals surface area contributed by atoms with Gasteiger partial charge in [-0.25, -0.2) is 9.37 Å². The van der Waals surface area contributed by atoms with Crippen LogP contribution >= 0.6 is 0 Å². The van der Waals surface area contributed by atoms with Crippen LogP contribution in [0.25, 0.3) is 0 Å². The van der Waals surface area contributed by atoms with Crippen LogP contribution in [0, 0.1) is 5.82 Å². The normalized spacial score (nSPS) is 10.6. The van der Waals surface area contributed by atoms with Gasteiger partial charge in [0.25, 0.3) is 5.91 Å². The van der Waals surface area contributed by atoms with Crippen LogP contribution in [0.15, 0.2) is 66.9 Å². The third-order valence-corrected chi connectivity index (χ3v) is 4.18. The Hall–Kier alpha value is -3.41. The summed E-state index contributed by atoms with van der Waals surface area (Å²) in [5.41, 5.74) is 2.32. The highest BCUT2D eigenvalue weighted by Crippen LogP contribution is 2.25. The number of carbonyl (C=O) groups is 1. The first-order chi connectivity index (χ1) is 14.0. The lowest BCUT2D eigenvalue weighted by atomic mass is 10.1. The average Bonchev–Trinajstić information content (AvgIpc) is 2.71. The first-order valence-electron chi connectivity index (χ1n) is 9.53. The predicted octanol–water partition coefficient (Wildman–Crippen LogP) is 4.91. The number of hydrogen-bond acceptors (Lipinski definition) is 4. The van der Waals surface area contributed by atoms with E-state index in [-0.39, 0.29) is 17.8 Å². The molecule has 0 spiro atoms. The summed E-state index contributed by atoms with van der Waals surface area (Å²) in [4.78, 5) is 16.7. The number of hydrogen-bond donors (Lipinski definition) is 2. The average molecular weight is 393 g/mol. The van der Waals surface area contributed by atoms with Crippen molar-refractivity contribution in [2.75, 3.05) is 17.2 Å². The summed E-state index contributed by atoms with van der Waals surface area (Å²) in [5, 5.41) is 6.02. The van der Waals surface area contributed by atoms with E-state index in [0.29, 0.717) is 35.7 Å². The van der Waals surface area contributed by atoms with E-state index in [4.69, 9.17) is 4.74 Å². The Balaban J connectivity index is 1.57. The number of pyridine rings is 1. The summed E-state index contributed by atoms with van der Waals surface area (Å²) in [7, 11) is 0. The molecule has 0 aliphatic heterocycles. The lowest BCUT2D eigenvalue weighted by Crippen LogP contribution is -2.16. The molecule has 1 heterocycles. The SMILES string of the molecule is CC(C)Oc1ccccc1NC(=O)c1ccc(NCCc2ccccc2F)cn1.